The summed E-state index contributed by atoms with van der Waals surface area (Å²) in [6, 6.07) is 45.8. The van der Waals surface area contributed by atoms with Gasteiger partial charge in [-0.15, -0.1) is 0 Å². The smallest absolute Gasteiger partial charge is 0.0777 e. The molecule has 2 heteroatoms. The molecule has 0 saturated carbocycles. The van der Waals surface area contributed by atoms with Crippen molar-refractivity contribution in [1.29, 1.82) is 0 Å². The van der Waals surface area contributed by atoms with Gasteiger partial charge in [0.05, 0.1) is 22.6 Å². The molecule has 0 saturated heterocycles. The summed E-state index contributed by atoms with van der Waals surface area (Å²) in [6.07, 6.45) is 2.30. The number of hydrogen-bond acceptors (Lipinski definition) is 1. The molecule has 178 valence electrons. The van der Waals surface area contributed by atoms with Crippen LogP contribution in [0.3, 0.4) is 0 Å². The number of rotatable bonds is 3. The first-order valence-corrected chi connectivity index (χ1v) is 12.9. The number of nitrogens with zero attached hydrogens (tertiary/aromatic N) is 2. The third-order valence-corrected chi connectivity index (χ3v) is 7.80. The van der Waals surface area contributed by atoms with Gasteiger partial charge in [-0.2, -0.15) is 0 Å². The predicted octanol–water partition coefficient (Wildman–Crippen LogP) is 9.41. The van der Waals surface area contributed by atoms with E-state index in [0.717, 1.165) is 5.69 Å². The van der Waals surface area contributed by atoms with E-state index < -0.39 is 0 Å². The van der Waals surface area contributed by atoms with Crippen molar-refractivity contribution < 1.29 is 0 Å². The fourth-order valence-electron chi connectivity index (χ4n) is 6.01. The van der Waals surface area contributed by atoms with E-state index in [1.807, 2.05) is 0 Å². The first kappa shape index (κ1) is 21.7. The second-order valence-electron chi connectivity index (χ2n) is 10.3. The molecule has 0 atom stereocenters. The van der Waals surface area contributed by atoms with Crippen LogP contribution >= 0.6 is 0 Å². The van der Waals surface area contributed by atoms with Gasteiger partial charge in [0.2, 0.25) is 0 Å². The molecule has 0 radical (unpaired) electrons. The van der Waals surface area contributed by atoms with Gasteiger partial charge in [0.1, 0.15) is 0 Å². The van der Waals surface area contributed by atoms with Crippen LogP contribution in [-0.4, -0.2) is 4.57 Å². The molecule has 0 unspecified atom stereocenters. The minimum Gasteiger partial charge on any atom is -0.314 e. The summed E-state index contributed by atoms with van der Waals surface area (Å²) < 4.78 is 2.36. The Labute approximate surface area is 218 Å². The van der Waals surface area contributed by atoms with Crippen molar-refractivity contribution in [3.8, 4) is 16.8 Å². The van der Waals surface area contributed by atoms with Crippen LogP contribution in [0.25, 0.3) is 27.7 Å². The SMILES string of the molecule is CC1(C)c2ccccc2N(c2cccc3c(-c4ccccc4)cn(-c4ccccc4)c23)c2ccccc21. The highest BCUT2D eigenvalue weighted by Gasteiger charge is 2.37. The Kier molecular flexibility index (Phi) is 4.84. The molecular formula is C35H28N2. The average Bonchev–Trinajstić information content (AvgIpc) is 3.35. The monoisotopic (exact) mass is 476 g/mol. The van der Waals surface area contributed by atoms with E-state index in [9.17, 15) is 0 Å². The maximum absolute atomic E-state index is 2.46. The summed E-state index contributed by atoms with van der Waals surface area (Å²) in [5.74, 6) is 0. The molecule has 0 aliphatic carbocycles. The summed E-state index contributed by atoms with van der Waals surface area (Å²) in [5.41, 5.74) is 11.1. The molecule has 0 amide bonds. The van der Waals surface area contributed by atoms with Gasteiger partial charge in [-0.3, -0.25) is 0 Å². The van der Waals surface area contributed by atoms with E-state index in [1.54, 1.807) is 0 Å². The Bertz CT molecular complexity index is 1690. The maximum atomic E-state index is 2.46. The Morgan fingerprint density at radius 2 is 1.05 bits per heavy atom. The molecule has 2 heterocycles. The van der Waals surface area contributed by atoms with Crippen LogP contribution in [0.4, 0.5) is 17.1 Å². The van der Waals surface area contributed by atoms with Gasteiger partial charge in [0.25, 0.3) is 0 Å². The molecule has 0 fully saturated rings. The summed E-state index contributed by atoms with van der Waals surface area (Å²) in [7, 11) is 0. The Hall–Kier alpha value is -4.56. The molecule has 37 heavy (non-hydrogen) atoms. The lowest BCUT2D eigenvalue weighted by Crippen LogP contribution is -2.30. The second-order valence-corrected chi connectivity index (χ2v) is 10.3. The predicted molar refractivity (Wildman–Crippen MR) is 156 cm³/mol. The minimum atomic E-state index is -0.0891. The van der Waals surface area contributed by atoms with E-state index in [-0.39, 0.29) is 5.41 Å². The lowest BCUT2D eigenvalue weighted by atomic mass is 9.73. The molecule has 0 N–H and O–H groups in total. The second kappa shape index (κ2) is 8.25. The van der Waals surface area contributed by atoms with Gasteiger partial charge >= 0.3 is 0 Å². The zero-order chi connectivity index (χ0) is 25.0. The molecule has 5 aromatic carbocycles. The molecule has 0 spiro atoms. The van der Waals surface area contributed by atoms with Crippen molar-refractivity contribution in [3.63, 3.8) is 0 Å². The van der Waals surface area contributed by atoms with Crippen molar-refractivity contribution in [1.82, 2.24) is 4.57 Å². The summed E-state index contributed by atoms with van der Waals surface area (Å²) in [4.78, 5) is 2.46. The number of benzene rings is 5. The summed E-state index contributed by atoms with van der Waals surface area (Å²) in [6.45, 7) is 4.67. The topological polar surface area (TPSA) is 8.17 Å². The summed E-state index contributed by atoms with van der Waals surface area (Å²) in [5, 5.41) is 1.24. The molecule has 7 rings (SSSR count). The minimum absolute atomic E-state index is 0.0891. The highest BCUT2D eigenvalue weighted by Crippen LogP contribution is 2.53. The molecule has 1 aliphatic heterocycles. The number of anilines is 3. The number of fused-ring (bicyclic) bond motifs is 3. The standard InChI is InChI=1S/C35H28N2/c1-35(2)29-19-9-11-21-31(29)37(32-22-12-10-20-30(32)35)33-23-13-18-27-28(25-14-5-3-6-15-25)24-36(34(27)33)26-16-7-4-8-17-26/h3-24H,1-2H3. The molecule has 1 aliphatic rings. The third-order valence-electron chi connectivity index (χ3n) is 7.80. The Morgan fingerprint density at radius 1 is 0.514 bits per heavy atom. The van der Waals surface area contributed by atoms with Crippen molar-refractivity contribution in [2.75, 3.05) is 4.90 Å². The van der Waals surface area contributed by atoms with Gasteiger partial charge in [-0.1, -0.05) is 111 Å². The van der Waals surface area contributed by atoms with E-state index in [4.69, 9.17) is 0 Å². The highest BCUT2D eigenvalue weighted by molar-refractivity contribution is 6.06. The molecule has 2 nitrogen and oxygen atoms in total. The van der Waals surface area contributed by atoms with Crippen molar-refractivity contribution in [3.05, 3.63) is 145 Å². The van der Waals surface area contributed by atoms with Crippen LogP contribution in [-0.2, 0) is 5.41 Å². The van der Waals surface area contributed by atoms with E-state index >= 15 is 0 Å². The average molecular weight is 477 g/mol. The zero-order valence-electron chi connectivity index (χ0n) is 21.1. The fraction of sp³-hybridized carbons (Fsp3) is 0.0857. The van der Waals surface area contributed by atoms with Crippen molar-refractivity contribution >= 4 is 28.0 Å². The Balaban J connectivity index is 1.59. The number of aromatic nitrogens is 1. The summed E-state index contributed by atoms with van der Waals surface area (Å²) >= 11 is 0. The Morgan fingerprint density at radius 3 is 1.70 bits per heavy atom. The van der Waals surface area contributed by atoms with Gasteiger partial charge in [0.15, 0.2) is 0 Å². The van der Waals surface area contributed by atoms with Crippen molar-refractivity contribution in [2.45, 2.75) is 19.3 Å². The zero-order valence-corrected chi connectivity index (χ0v) is 21.1. The fourth-order valence-corrected chi connectivity index (χ4v) is 6.01. The van der Waals surface area contributed by atoms with Crippen LogP contribution in [0.15, 0.2) is 134 Å². The van der Waals surface area contributed by atoms with Crippen LogP contribution in [0, 0.1) is 0 Å². The third kappa shape index (κ3) is 3.26. The van der Waals surface area contributed by atoms with Crippen LogP contribution in [0.5, 0.6) is 0 Å². The van der Waals surface area contributed by atoms with Gasteiger partial charge in [-0.05, 0) is 47.0 Å². The normalized spacial score (nSPS) is 13.8. The van der Waals surface area contributed by atoms with Crippen LogP contribution in [0.1, 0.15) is 25.0 Å². The molecule has 0 bridgehead atoms. The quantitative estimate of drug-likeness (QED) is 0.247. The number of para-hydroxylation sites is 4. The molecule has 1 aromatic heterocycles. The lowest BCUT2D eigenvalue weighted by Gasteiger charge is -2.42. The van der Waals surface area contributed by atoms with E-state index in [0.29, 0.717) is 0 Å². The largest absolute Gasteiger partial charge is 0.314 e. The van der Waals surface area contributed by atoms with Crippen LogP contribution < -0.4 is 4.90 Å². The number of hydrogen-bond donors (Lipinski definition) is 0. The van der Waals surface area contributed by atoms with Gasteiger partial charge in [-0.25, -0.2) is 0 Å². The first-order valence-electron chi connectivity index (χ1n) is 12.9. The van der Waals surface area contributed by atoms with Gasteiger partial charge < -0.3 is 9.47 Å². The maximum Gasteiger partial charge on any atom is 0.0777 e. The molecule has 6 aromatic rings. The van der Waals surface area contributed by atoms with E-state index in [1.165, 1.54) is 50.2 Å². The van der Waals surface area contributed by atoms with Gasteiger partial charge in [0, 0.05) is 28.2 Å². The first-order chi connectivity index (χ1) is 18.1. The van der Waals surface area contributed by atoms with Crippen LogP contribution in [0.2, 0.25) is 0 Å². The lowest BCUT2D eigenvalue weighted by molar-refractivity contribution is 0.632. The highest BCUT2D eigenvalue weighted by atomic mass is 15.2. The molecular weight excluding hydrogens is 448 g/mol. The van der Waals surface area contributed by atoms with Crippen molar-refractivity contribution in [2.24, 2.45) is 0 Å². The van der Waals surface area contributed by atoms with E-state index in [2.05, 4.69) is 157 Å².